The number of hydrogen-bond donors (Lipinski definition) is 1. The minimum absolute atomic E-state index is 0.953. The SMILES string of the molecule is CC.CCCN(CCC)CC1CCNCC1. The summed E-state index contributed by atoms with van der Waals surface area (Å²) in [5.74, 6) is 0.953. The number of hydrogen-bond acceptors (Lipinski definition) is 2. The molecule has 0 bridgehead atoms. The summed E-state index contributed by atoms with van der Waals surface area (Å²) in [4.78, 5) is 2.65. The van der Waals surface area contributed by atoms with E-state index in [2.05, 4.69) is 24.1 Å². The van der Waals surface area contributed by atoms with Crippen molar-refractivity contribution in [1.29, 1.82) is 0 Å². The zero-order valence-corrected chi connectivity index (χ0v) is 11.9. The molecule has 1 rings (SSSR count). The van der Waals surface area contributed by atoms with Crippen LogP contribution in [0, 0.1) is 5.92 Å². The molecule has 2 heteroatoms. The maximum atomic E-state index is 3.43. The lowest BCUT2D eigenvalue weighted by Crippen LogP contribution is -2.36. The standard InChI is InChI=1S/C12H26N2.C2H6/c1-3-9-14(10-4-2)11-12-5-7-13-8-6-12;1-2/h12-13H,3-11H2,1-2H3;1-2H3. The Morgan fingerprint density at radius 3 is 1.94 bits per heavy atom. The van der Waals surface area contributed by atoms with Gasteiger partial charge in [0.2, 0.25) is 0 Å². The summed E-state index contributed by atoms with van der Waals surface area (Å²) in [6.07, 6.45) is 5.35. The van der Waals surface area contributed by atoms with E-state index < -0.39 is 0 Å². The molecular formula is C14H32N2. The summed E-state index contributed by atoms with van der Waals surface area (Å²) in [5.41, 5.74) is 0. The van der Waals surface area contributed by atoms with Crippen molar-refractivity contribution in [3.63, 3.8) is 0 Å². The van der Waals surface area contributed by atoms with E-state index in [1.807, 2.05) is 13.8 Å². The average molecular weight is 228 g/mol. The average Bonchev–Trinajstić information content (AvgIpc) is 2.34. The number of nitrogens with zero attached hydrogens (tertiary/aromatic N) is 1. The van der Waals surface area contributed by atoms with Crippen LogP contribution in [0.25, 0.3) is 0 Å². The van der Waals surface area contributed by atoms with Crippen LogP contribution < -0.4 is 5.32 Å². The third kappa shape index (κ3) is 7.24. The summed E-state index contributed by atoms with van der Waals surface area (Å²) < 4.78 is 0. The van der Waals surface area contributed by atoms with Gasteiger partial charge in [0.05, 0.1) is 0 Å². The molecule has 1 saturated heterocycles. The maximum Gasteiger partial charge on any atom is 0.00106 e. The molecule has 0 amide bonds. The normalized spacial score (nSPS) is 17.1. The summed E-state index contributed by atoms with van der Waals surface area (Å²) in [5, 5.41) is 3.43. The Labute approximate surface area is 103 Å². The van der Waals surface area contributed by atoms with E-state index in [4.69, 9.17) is 0 Å². The summed E-state index contributed by atoms with van der Waals surface area (Å²) in [6.45, 7) is 14.9. The third-order valence-electron chi connectivity index (χ3n) is 3.05. The molecule has 0 radical (unpaired) electrons. The lowest BCUT2D eigenvalue weighted by Gasteiger charge is -2.29. The first-order chi connectivity index (χ1) is 7.86. The highest BCUT2D eigenvalue weighted by Gasteiger charge is 2.15. The van der Waals surface area contributed by atoms with Crippen molar-refractivity contribution >= 4 is 0 Å². The van der Waals surface area contributed by atoms with Gasteiger partial charge in [0.1, 0.15) is 0 Å². The molecule has 0 aromatic carbocycles. The quantitative estimate of drug-likeness (QED) is 0.751. The van der Waals surface area contributed by atoms with Crippen LogP contribution in [0.1, 0.15) is 53.4 Å². The Morgan fingerprint density at radius 1 is 1.00 bits per heavy atom. The van der Waals surface area contributed by atoms with Crippen molar-refractivity contribution in [1.82, 2.24) is 10.2 Å². The van der Waals surface area contributed by atoms with Crippen molar-refractivity contribution < 1.29 is 0 Å². The van der Waals surface area contributed by atoms with Gasteiger partial charge < -0.3 is 10.2 Å². The van der Waals surface area contributed by atoms with Crippen LogP contribution in [-0.4, -0.2) is 37.6 Å². The van der Waals surface area contributed by atoms with Crippen LogP contribution in [0.5, 0.6) is 0 Å². The molecule has 16 heavy (non-hydrogen) atoms. The molecule has 0 aromatic heterocycles. The summed E-state index contributed by atoms with van der Waals surface area (Å²) >= 11 is 0. The first kappa shape index (κ1) is 15.9. The van der Waals surface area contributed by atoms with Gasteiger partial charge in [-0.2, -0.15) is 0 Å². The second-order valence-corrected chi connectivity index (χ2v) is 4.49. The van der Waals surface area contributed by atoms with Gasteiger partial charge in [0.25, 0.3) is 0 Å². The topological polar surface area (TPSA) is 15.3 Å². The molecule has 98 valence electrons. The van der Waals surface area contributed by atoms with E-state index >= 15 is 0 Å². The number of piperidine rings is 1. The molecule has 2 nitrogen and oxygen atoms in total. The van der Waals surface area contributed by atoms with E-state index in [0.717, 1.165) is 5.92 Å². The molecule has 1 heterocycles. The lowest BCUT2D eigenvalue weighted by atomic mass is 9.97. The smallest absolute Gasteiger partial charge is 0.00106 e. The van der Waals surface area contributed by atoms with Crippen molar-refractivity contribution in [3.8, 4) is 0 Å². The van der Waals surface area contributed by atoms with Gasteiger partial charge in [0.15, 0.2) is 0 Å². The van der Waals surface area contributed by atoms with Crippen LogP contribution in [-0.2, 0) is 0 Å². The zero-order valence-electron chi connectivity index (χ0n) is 11.9. The molecule has 0 unspecified atom stereocenters. The van der Waals surface area contributed by atoms with Gasteiger partial charge in [-0.25, -0.2) is 0 Å². The van der Waals surface area contributed by atoms with Crippen LogP contribution in [0.15, 0.2) is 0 Å². The Morgan fingerprint density at radius 2 is 1.50 bits per heavy atom. The van der Waals surface area contributed by atoms with Gasteiger partial charge in [0, 0.05) is 6.54 Å². The highest BCUT2D eigenvalue weighted by molar-refractivity contribution is 4.72. The van der Waals surface area contributed by atoms with Crippen molar-refractivity contribution in [2.45, 2.75) is 53.4 Å². The van der Waals surface area contributed by atoms with E-state index in [9.17, 15) is 0 Å². The number of nitrogens with one attached hydrogen (secondary N) is 1. The minimum atomic E-state index is 0.953. The molecular weight excluding hydrogens is 196 g/mol. The Balaban J connectivity index is 0.00000106. The van der Waals surface area contributed by atoms with Crippen molar-refractivity contribution in [2.75, 3.05) is 32.7 Å². The molecule has 1 aliphatic heterocycles. The Hall–Kier alpha value is -0.0800. The van der Waals surface area contributed by atoms with Crippen LogP contribution in [0.4, 0.5) is 0 Å². The molecule has 0 atom stereocenters. The predicted molar refractivity (Wildman–Crippen MR) is 74.0 cm³/mol. The first-order valence-electron chi connectivity index (χ1n) is 7.29. The van der Waals surface area contributed by atoms with Gasteiger partial charge in [-0.15, -0.1) is 0 Å². The fraction of sp³-hybridized carbons (Fsp3) is 1.00. The Bertz CT molecular complexity index is 125. The highest BCUT2D eigenvalue weighted by Crippen LogP contribution is 2.13. The van der Waals surface area contributed by atoms with Crippen LogP contribution in [0.2, 0.25) is 0 Å². The second kappa shape index (κ2) is 11.4. The van der Waals surface area contributed by atoms with Gasteiger partial charge in [-0.05, 0) is 57.8 Å². The van der Waals surface area contributed by atoms with E-state index in [0.29, 0.717) is 0 Å². The first-order valence-corrected chi connectivity index (χ1v) is 7.29. The zero-order chi connectivity index (χ0) is 12.2. The van der Waals surface area contributed by atoms with Crippen LogP contribution in [0.3, 0.4) is 0 Å². The summed E-state index contributed by atoms with van der Waals surface area (Å²) in [6, 6.07) is 0. The van der Waals surface area contributed by atoms with Crippen molar-refractivity contribution in [2.24, 2.45) is 5.92 Å². The fourth-order valence-electron chi connectivity index (χ4n) is 2.36. The van der Waals surface area contributed by atoms with E-state index in [1.165, 1.54) is 58.4 Å². The largest absolute Gasteiger partial charge is 0.317 e. The molecule has 1 N–H and O–H groups in total. The lowest BCUT2D eigenvalue weighted by molar-refractivity contribution is 0.206. The molecule has 0 saturated carbocycles. The fourth-order valence-corrected chi connectivity index (χ4v) is 2.36. The molecule has 0 aromatic rings. The molecule has 1 aliphatic rings. The van der Waals surface area contributed by atoms with Gasteiger partial charge in [-0.1, -0.05) is 27.7 Å². The van der Waals surface area contributed by atoms with E-state index in [1.54, 1.807) is 0 Å². The minimum Gasteiger partial charge on any atom is -0.317 e. The monoisotopic (exact) mass is 228 g/mol. The maximum absolute atomic E-state index is 3.43. The van der Waals surface area contributed by atoms with Crippen molar-refractivity contribution in [3.05, 3.63) is 0 Å². The Kier molecular flexibility index (Phi) is 11.3. The molecule has 0 aliphatic carbocycles. The molecule has 1 fully saturated rings. The van der Waals surface area contributed by atoms with Gasteiger partial charge in [-0.3, -0.25) is 0 Å². The van der Waals surface area contributed by atoms with E-state index in [-0.39, 0.29) is 0 Å². The third-order valence-corrected chi connectivity index (χ3v) is 3.05. The molecule has 0 spiro atoms. The van der Waals surface area contributed by atoms with Crippen LogP contribution >= 0.6 is 0 Å². The summed E-state index contributed by atoms with van der Waals surface area (Å²) in [7, 11) is 0. The van der Waals surface area contributed by atoms with Gasteiger partial charge >= 0.3 is 0 Å². The second-order valence-electron chi connectivity index (χ2n) is 4.49. The highest BCUT2D eigenvalue weighted by atomic mass is 15.1. The number of rotatable bonds is 6. The predicted octanol–water partition coefficient (Wildman–Crippen LogP) is 3.13.